The first-order valence-electron chi connectivity index (χ1n) is 11.6. The van der Waals surface area contributed by atoms with E-state index in [-0.39, 0.29) is 30.2 Å². The minimum absolute atomic E-state index is 0.0659. The smallest absolute Gasteiger partial charge is 0.295 e. The summed E-state index contributed by atoms with van der Waals surface area (Å²) >= 11 is 0. The second kappa shape index (κ2) is 11.0. The first kappa shape index (κ1) is 25.6. The molecule has 1 atom stereocenters. The van der Waals surface area contributed by atoms with Crippen molar-refractivity contribution in [2.45, 2.75) is 19.6 Å². The number of hydrogen-bond donors (Lipinski definition) is 1. The molecule has 1 amide bonds. The van der Waals surface area contributed by atoms with E-state index in [1.165, 1.54) is 30.2 Å². The Hall–Kier alpha value is -4.50. The largest absolute Gasteiger partial charge is 0.507 e. The number of amides is 1. The number of methoxy groups -OCH3 is 1. The van der Waals surface area contributed by atoms with Gasteiger partial charge >= 0.3 is 0 Å². The van der Waals surface area contributed by atoms with Crippen molar-refractivity contribution in [3.63, 3.8) is 0 Å². The van der Waals surface area contributed by atoms with Gasteiger partial charge in [0, 0.05) is 31.4 Å². The molecule has 3 aromatic carbocycles. The van der Waals surface area contributed by atoms with Crippen LogP contribution in [0.5, 0.6) is 5.75 Å². The minimum atomic E-state index is -1.01. The third kappa shape index (κ3) is 5.36. The lowest BCUT2D eigenvalue weighted by molar-refractivity contribution is -0.384. The van der Waals surface area contributed by atoms with Gasteiger partial charge in [0.2, 0.25) is 0 Å². The molecule has 3 aromatic rings. The number of ketones is 1. The van der Waals surface area contributed by atoms with E-state index < -0.39 is 22.7 Å². The summed E-state index contributed by atoms with van der Waals surface area (Å²) in [5, 5.41) is 22.7. The van der Waals surface area contributed by atoms with Gasteiger partial charge in [0.05, 0.1) is 23.1 Å². The first-order valence-corrected chi connectivity index (χ1v) is 11.6. The van der Waals surface area contributed by atoms with Crippen molar-refractivity contribution in [1.29, 1.82) is 0 Å². The number of nitro benzene ring substituents is 1. The fourth-order valence-electron chi connectivity index (χ4n) is 4.33. The van der Waals surface area contributed by atoms with Gasteiger partial charge in [-0.25, -0.2) is 0 Å². The van der Waals surface area contributed by atoms with E-state index in [1.54, 1.807) is 31.2 Å². The second-order valence-electron chi connectivity index (χ2n) is 8.59. The molecule has 190 valence electrons. The van der Waals surface area contributed by atoms with Crippen LogP contribution in [0.2, 0.25) is 0 Å². The highest BCUT2D eigenvalue weighted by atomic mass is 16.6. The number of aryl methyl sites for hydroxylation is 1. The number of hydrogen-bond acceptors (Lipinski definition) is 7. The molecule has 37 heavy (non-hydrogen) atoms. The van der Waals surface area contributed by atoms with Gasteiger partial charge in [0.15, 0.2) is 0 Å². The molecule has 1 fully saturated rings. The van der Waals surface area contributed by atoms with Gasteiger partial charge in [-0.3, -0.25) is 19.7 Å². The number of ether oxygens (including phenoxy) is 2. The van der Waals surface area contributed by atoms with Crippen LogP contribution in [0.4, 0.5) is 5.69 Å². The van der Waals surface area contributed by atoms with Crippen molar-refractivity contribution in [2.75, 3.05) is 20.3 Å². The molecule has 1 aliphatic heterocycles. The molecule has 9 heteroatoms. The van der Waals surface area contributed by atoms with E-state index in [1.807, 2.05) is 30.3 Å². The van der Waals surface area contributed by atoms with Gasteiger partial charge in [-0.2, -0.15) is 0 Å². The molecule has 0 aliphatic carbocycles. The Kier molecular flexibility index (Phi) is 7.64. The van der Waals surface area contributed by atoms with Crippen LogP contribution in [0.1, 0.15) is 28.3 Å². The van der Waals surface area contributed by atoms with Crippen molar-refractivity contribution in [2.24, 2.45) is 0 Å². The van der Waals surface area contributed by atoms with Crippen LogP contribution in [-0.4, -0.2) is 46.9 Å². The lowest BCUT2D eigenvalue weighted by Gasteiger charge is -2.25. The number of nitrogens with zero attached hydrogens (tertiary/aromatic N) is 2. The van der Waals surface area contributed by atoms with Gasteiger partial charge in [-0.05, 0) is 41.8 Å². The van der Waals surface area contributed by atoms with Gasteiger partial charge in [-0.1, -0.05) is 42.5 Å². The van der Waals surface area contributed by atoms with Crippen molar-refractivity contribution in [3.8, 4) is 5.75 Å². The van der Waals surface area contributed by atoms with Crippen molar-refractivity contribution in [3.05, 3.63) is 111 Å². The number of aliphatic hydroxyl groups excluding tert-OH is 1. The molecule has 9 nitrogen and oxygen atoms in total. The quantitative estimate of drug-likeness (QED) is 0.150. The fourth-order valence-corrected chi connectivity index (χ4v) is 4.33. The molecular weight excluding hydrogens is 476 g/mol. The Morgan fingerprint density at radius 3 is 2.49 bits per heavy atom. The number of likely N-dealkylation sites (tertiary alicyclic amines) is 1. The number of Topliss-reactive ketones (excluding diaryl/α,β-unsaturated/α-hetero) is 1. The lowest BCUT2D eigenvalue weighted by Crippen LogP contribution is -2.32. The molecule has 0 saturated carbocycles. The van der Waals surface area contributed by atoms with Crippen LogP contribution in [0.3, 0.4) is 0 Å². The van der Waals surface area contributed by atoms with Gasteiger partial charge in [0.1, 0.15) is 18.1 Å². The Morgan fingerprint density at radius 2 is 1.81 bits per heavy atom. The van der Waals surface area contributed by atoms with Gasteiger partial charge in [-0.15, -0.1) is 0 Å². The van der Waals surface area contributed by atoms with Gasteiger partial charge in [0.25, 0.3) is 17.4 Å². The van der Waals surface area contributed by atoms with Crippen LogP contribution in [-0.2, 0) is 20.9 Å². The summed E-state index contributed by atoms with van der Waals surface area (Å²) in [5.41, 5.74) is 2.00. The van der Waals surface area contributed by atoms with E-state index in [4.69, 9.17) is 9.47 Å². The number of aliphatic hydroxyl groups is 1. The molecule has 1 aliphatic rings. The standard InChI is InChI=1S/C28H26N2O7/c1-18-15-22(37-17-19-7-4-3-5-8-19)11-12-23(18)26(31)24-25(20-9-6-10-21(16-20)30(34)35)29(13-14-36-2)28(33)27(24)32/h3-12,15-16,25,31H,13-14,17H2,1-2H3. The number of non-ortho nitro benzene ring substituents is 1. The summed E-state index contributed by atoms with van der Waals surface area (Å²) in [6.07, 6.45) is 0. The van der Waals surface area contributed by atoms with E-state index in [0.29, 0.717) is 29.0 Å². The maximum absolute atomic E-state index is 13.1. The highest BCUT2D eigenvalue weighted by Gasteiger charge is 2.46. The van der Waals surface area contributed by atoms with Crippen LogP contribution >= 0.6 is 0 Å². The molecule has 0 bridgehead atoms. The number of nitro groups is 1. The summed E-state index contributed by atoms with van der Waals surface area (Å²) in [7, 11) is 1.46. The molecule has 1 N–H and O–H groups in total. The summed E-state index contributed by atoms with van der Waals surface area (Å²) in [5.74, 6) is -1.46. The van der Waals surface area contributed by atoms with E-state index >= 15 is 0 Å². The van der Waals surface area contributed by atoms with Crippen LogP contribution in [0, 0.1) is 17.0 Å². The van der Waals surface area contributed by atoms with Crippen molar-refractivity contribution in [1.82, 2.24) is 4.90 Å². The lowest BCUT2D eigenvalue weighted by atomic mass is 9.93. The maximum atomic E-state index is 13.1. The molecule has 1 heterocycles. The SMILES string of the molecule is COCCN1C(=O)C(=O)C(=C(O)c2ccc(OCc3ccccc3)cc2C)C1c1cccc([N+](=O)[O-])c1. The topological polar surface area (TPSA) is 119 Å². The third-order valence-electron chi connectivity index (χ3n) is 6.17. The highest BCUT2D eigenvalue weighted by Crippen LogP contribution is 2.40. The summed E-state index contributed by atoms with van der Waals surface area (Å²) in [4.78, 5) is 38.2. The van der Waals surface area contributed by atoms with Gasteiger partial charge < -0.3 is 19.5 Å². The predicted molar refractivity (Wildman–Crippen MR) is 136 cm³/mol. The molecule has 1 saturated heterocycles. The van der Waals surface area contributed by atoms with Crippen LogP contribution in [0.25, 0.3) is 5.76 Å². The second-order valence-corrected chi connectivity index (χ2v) is 8.59. The van der Waals surface area contributed by atoms with E-state index in [0.717, 1.165) is 5.56 Å². The molecule has 0 spiro atoms. The number of carbonyl (C=O) groups excluding carboxylic acids is 2. The molecule has 4 rings (SSSR count). The summed E-state index contributed by atoms with van der Waals surface area (Å²) in [6, 6.07) is 19.4. The number of rotatable bonds is 9. The number of benzene rings is 3. The Morgan fingerprint density at radius 1 is 1.05 bits per heavy atom. The number of carbonyl (C=O) groups is 2. The first-order chi connectivity index (χ1) is 17.8. The Labute approximate surface area is 213 Å². The molecule has 1 unspecified atom stereocenters. The van der Waals surface area contributed by atoms with E-state index in [2.05, 4.69) is 0 Å². The zero-order valence-electron chi connectivity index (χ0n) is 20.4. The third-order valence-corrected chi connectivity index (χ3v) is 6.17. The predicted octanol–water partition coefficient (Wildman–Crippen LogP) is 4.55. The summed E-state index contributed by atoms with van der Waals surface area (Å²) < 4.78 is 10.9. The van der Waals surface area contributed by atoms with Crippen LogP contribution < -0.4 is 4.74 Å². The molecule has 0 aromatic heterocycles. The van der Waals surface area contributed by atoms with Crippen molar-refractivity contribution >= 4 is 23.1 Å². The zero-order chi connectivity index (χ0) is 26.5. The average molecular weight is 503 g/mol. The zero-order valence-corrected chi connectivity index (χ0v) is 20.4. The fraction of sp³-hybridized carbons (Fsp3) is 0.214. The van der Waals surface area contributed by atoms with Crippen LogP contribution in [0.15, 0.2) is 78.4 Å². The summed E-state index contributed by atoms with van der Waals surface area (Å²) in [6.45, 7) is 2.33. The minimum Gasteiger partial charge on any atom is -0.507 e. The van der Waals surface area contributed by atoms with E-state index in [9.17, 15) is 24.8 Å². The normalized spacial score (nSPS) is 16.7. The molecule has 0 radical (unpaired) electrons. The maximum Gasteiger partial charge on any atom is 0.295 e. The highest BCUT2D eigenvalue weighted by molar-refractivity contribution is 6.46. The molecular formula is C28H26N2O7. The Balaban J connectivity index is 1.73. The monoisotopic (exact) mass is 502 g/mol. The van der Waals surface area contributed by atoms with Crippen molar-refractivity contribution < 1.29 is 29.1 Å². The average Bonchev–Trinajstić information content (AvgIpc) is 3.16. The Bertz CT molecular complexity index is 1370.